The summed E-state index contributed by atoms with van der Waals surface area (Å²) in [6, 6.07) is 12.6. The van der Waals surface area contributed by atoms with Crippen molar-refractivity contribution in [2.45, 2.75) is 6.18 Å². The minimum absolute atomic E-state index is 0.0394. The van der Waals surface area contributed by atoms with Crippen LogP contribution in [0.4, 0.5) is 18.9 Å². The molecule has 28 heavy (non-hydrogen) atoms. The SMILES string of the molecule is O=C(/C=C\c1ccc(-c2ccc(Cl)cc2Cl)o1)Nc1cccc(C(F)(F)F)c1. The molecule has 1 aromatic heterocycles. The molecule has 0 unspecified atom stereocenters. The molecule has 1 N–H and O–H groups in total. The molecule has 0 spiro atoms. The van der Waals surface area contributed by atoms with Crippen molar-refractivity contribution in [1.29, 1.82) is 0 Å². The fourth-order valence-corrected chi connectivity index (χ4v) is 2.89. The summed E-state index contributed by atoms with van der Waals surface area (Å²) >= 11 is 12.0. The molecule has 3 nitrogen and oxygen atoms in total. The standard InChI is InChI=1S/C20H12Cl2F3NO2/c21-13-4-7-16(17(22)11-13)18-8-5-15(28-18)6-9-19(27)26-14-3-1-2-12(10-14)20(23,24)25/h1-11H,(H,26,27)/b9-6-. The first kappa shape index (κ1) is 20.0. The average Bonchev–Trinajstić information content (AvgIpc) is 3.08. The molecular formula is C20H12Cl2F3NO2. The highest BCUT2D eigenvalue weighted by molar-refractivity contribution is 6.36. The highest BCUT2D eigenvalue weighted by atomic mass is 35.5. The number of carbonyl (C=O) groups excluding carboxylic acids is 1. The van der Waals surface area contributed by atoms with Crippen molar-refractivity contribution in [3.63, 3.8) is 0 Å². The van der Waals surface area contributed by atoms with E-state index in [4.69, 9.17) is 27.6 Å². The fraction of sp³-hybridized carbons (Fsp3) is 0.0500. The maximum Gasteiger partial charge on any atom is 0.416 e. The summed E-state index contributed by atoms with van der Waals surface area (Å²) < 4.78 is 43.7. The first-order chi connectivity index (χ1) is 13.2. The lowest BCUT2D eigenvalue weighted by Crippen LogP contribution is -2.10. The Kier molecular flexibility index (Phi) is 5.82. The highest BCUT2D eigenvalue weighted by Gasteiger charge is 2.30. The molecule has 8 heteroatoms. The van der Waals surface area contributed by atoms with Gasteiger partial charge in [-0.3, -0.25) is 4.79 Å². The summed E-state index contributed by atoms with van der Waals surface area (Å²) in [6.45, 7) is 0. The van der Waals surface area contributed by atoms with E-state index in [9.17, 15) is 18.0 Å². The monoisotopic (exact) mass is 425 g/mol. The van der Waals surface area contributed by atoms with Gasteiger partial charge >= 0.3 is 6.18 Å². The summed E-state index contributed by atoms with van der Waals surface area (Å²) in [4.78, 5) is 12.0. The van der Waals surface area contributed by atoms with Crippen LogP contribution in [0.25, 0.3) is 17.4 Å². The third-order valence-corrected chi connectivity index (χ3v) is 4.23. The van der Waals surface area contributed by atoms with E-state index in [1.807, 2.05) is 0 Å². The van der Waals surface area contributed by atoms with Gasteiger partial charge in [0.15, 0.2) is 0 Å². The molecule has 0 saturated heterocycles. The van der Waals surface area contributed by atoms with Gasteiger partial charge in [0.1, 0.15) is 11.5 Å². The Labute approximate surface area is 168 Å². The van der Waals surface area contributed by atoms with Gasteiger partial charge in [-0.25, -0.2) is 0 Å². The van der Waals surface area contributed by atoms with Gasteiger partial charge in [0.2, 0.25) is 5.91 Å². The third kappa shape index (κ3) is 4.97. The van der Waals surface area contributed by atoms with Gasteiger partial charge in [0, 0.05) is 22.3 Å². The number of nitrogens with one attached hydrogen (secondary N) is 1. The van der Waals surface area contributed by atoms with Gasteiger partial charge in [0.25, 0.3) is 0 Å². The second-order valence-corrected chi connectivity index (χ2v) is 6.57. The minimum atomic E-state index is -4.48. The van der Waals surface area contributed by atoms with Crippen molar-refractivity contribution in [2.24, 2.45) is 0 Å². The normalized spacial score (nSPS) is 11.8. The van der Waals surface area contributed by atoms with Crippen LogP contribution in [-0.2, 0) is 11.0 Å². The van der Waals surface area contributed by atoms with Crippen molar-refractivity contribution >= 4 is 40.9 Å². The molecule has 0 aliphatic carbocycles. The van der Waals surface area contributed by atoms with Crippen molar-refractivity contribution < 1.29 is 22.4 Å². The fourth-order valence-electron chi connectivity index (χ4n) is 2.39. The molecule has 0 bridgehead atoms. The van der Waals surface area contributed by atoms with Crippen molar-refractivity contribution in [2.75, 3.05) is 5.32 Å². The molecule has 0 aliphatic rings. The number of hydrogen-bond donors (Lipinski definition) is 1. The summed E-state index contributed by atoms with van der Waals surface area (Å²) in [6.07, 6.45) is -1.92. The van der Waals surface area contributed by atoms with E-state index in [2.05, 4.69) is 5.32 Å². The van der Waals surface area contributed by atoms with Gasteiger partial charge in [-0.15, -0.1) is 0 Å². The van der Waals surface area contributed by atoms with Crippen LogP contribution >= 0.6 is 23.2 Å². The summed E-state index contributed by atoms with van der Waals surface area (Å²) in [7, 11) is 0. The Morgan fingerprint density at radius 2 is 1.82 bits per heavy atom. The zero-order valence-corrected chi connectivity index (χ0v) is 15.6. The number of amides is 1. The summed E-state index contributed by atoms with van der Waals surface area (Å²) in [5.41, 5.74) is -0.165. The number of halogens is 5. The van der Waals surface area contributed by atoms with Crippen LogP contribution in [0.2, 0.25) is 10.0 Å². The quantitative estimate of drug-likeness (QED) is 0.460. The van der Waals surface area contributed by atoms with Gasteiger partial charge in [-0.1, -0.05) is 29.3 Å². The van der Waals surface area contributed by atoms with Crippen LogP contribution in [0.15, 0.2) is 65.1 Å². The zero-order chi connectivity index (χ0) is 20.3. The van der Waals surface area contributed by atoms with E-state index in [0.29, 0.717) is 27.1 Å². The molecule has 3 aromatic rings. The van der Waals surface area contributed by atoms with Crippen LogP contribution in [0.1, 0.15) is 11.3 Å². The summed E-state index contributed by atoms with van der Waals surface area (Å²) in [5, 5.41) is 3.28. The van der Waals surface area contributed by atoms with E-state index < -0.39 is 17.6 Å². The number of alkyl halides is 3. The minimum Gasteiger partial charge on any atom is -0.457 e. The Hall–Kier alpha value is -2.70. The number of carbonyl (C=O) groups is 1. The van der Waals surface area contributed by atoms with E-state index in [1.165, 1.54) is 18.2 Å². The van der Waals surface area contributed by atoms with E-state index in [-0.39, 0.29) is 5.69 Å². The van der Waals surface area contributed by atoms with E-state index >= 15 is 0 Å². The maximum atomic E-state index is 12.7. The molecule has 0 saturated carbocycles. The lowest BCUT2D eigenvalue weighted by atomic mass is 10.2. The smallest absolute Gasteiger partial charge is 0.416 e. The Morgan fingerprint density at radius 3 is 2.54 bits per heavy atom. The number of benzene rings is 2. The van der Waals surface area contributed by atoms with Crippen molar-refractivity contribution in [3.8, 4) is 11.3 Å². The molecule has 144 valence electrons. The maximum absolute atomic E-state index is 12.7. The third-order valence-electron chi connectivity index (χ3n) is 3.68. The Balaban J connectivity index is 1.69. The van der Waals surface area contributed by atoms with Crippen LogP contribution in [0.3, 0.4) is 0 Å². The molecule has 3 rings (SSSR count). The lowest BCUT2D eigenvalue weighted by molar-refractivity contribution is -0.137. The number of furan rings is 1. The largest absolute Gasteiger partial charge is 0.457 e. The lowest BCUT2D eigenvalue weighted by Gasteiger charge is -2.08. The highest BCUT2D eigenvalue weighted by Crippen LogP contribution is 2.32. The molecular weight excluding hydrogens is 414 g/mol. The number of anilines is 1. The van der Waals surface area contributed by atoms with Crippen LogP contribution < -0.4 is 5.32 Å². The van der Waals surface area contributed by atoms with Gasteiger partial charge < -0.3 is 9.73 Å². The number of rotatable bonds is 4. The molecule has 2 aromatic carbocycles. The summed E-state index contributed by atoms with van der Waals surface area (Å²) in [5.74, 6) is 0.265. The molecule has 0 atom stereocenters. The predicted molar refractivity (Wildman–Crippen MR) is 103 cm³/mol. The van der Waals surface area contributed by atoms with Crippen LogP contribution in [-0.4, -0.2) is 5.91 Å². The first-order valence-electron chi connectivity index (χ1n) is 7.94. The van der Waals surface area contributed by atoms with Crippen LogP contribution in [0, 0.1) is 0 Å². The first-order valence-corrected chi connectivity index (χ1v) is 8.69. The van der Waals surface area contributed by atoms with Crippen molar-refractivity contribution in [3.05, 3.63) is 82.0 Å². The molecule has 1 heterocycles. The van der Waals surface area contributed by atoms with Gasteiger partial charge in [0.05, 0.1) is 10.6 Å². The second kappa shape index (κ2) is 8.12. The second-order valence-electron chi connectivity index (χ2n) is 5.73. The zero-order valence-electron chi connectivity index (χ0n) is 14.1. The Bertz CT molecular complexity index is 1040. The van der Waals surface area contributed by atoms with Crippen LogP contribution in [0.5, 0.6) is 0 Å². The number of hydrogen-bond acceptors (Lipinski definition) is 2. The van der Waals surface area contributed by atoms with E-state index in [0.717, 1.165) is 18.2 Å². The Morgan fingerprint density at radius 1 is 1.04 bits per heavy atom. The topological polar surface area (TPSA) is 42.2 Å². The van der Waals surface area contributed by atoms with Gasteiger partial charge in [-0.05, 0) is 54.6 Å². The average molecular weight is 426 g/mol. The molecule has 0 fully saturated rings. The molecule has 1 amide bonds. The van der Waals surface area contributed by atoms with Gasteiger partial charge in [-0.2, -0.15) is 13.2 Å². The molecule has 0 aliphatic heterocycles. The molecule has 0 radical (unpaired) electrons. The predicted octanol–water partition coefficient (Wildman–Crippen LogP) is 6.92. The van der Waals surface area contributed by atoms with E-state index in [1.54, 1.807) is 30.3 Å². The van der Waals surface area contributed by atoms with Crippen molar-refractivity contribution in [1.82, 2.24) is 0 Å².